The maximum atomic E-state index is 12.4. The van der Waals surface area contributed by atoms with Crippen LogP contribution < -0.4 is 0 Å². The van der Waals surface area contributed by atoms with E-state index in [4.69, 9.17) is 0 Å². The molecule has 0 heterocycles. The van der Waals surface area contributed by atoms with Gasteiger partial charge in [0.1, 0.15) is 5.75 Å². The molecule has 1 rings (SSSR count). The topological polar surface area (TPSA) is 37.3 Å². The monoisotopic (exact) mass is 308 g/mol. The Morgan fingerprint density at radius 1 is 1.05 bits per heavy atom. The Bertz CT molecular complexity index is 484. The predicted molar refractivity (Wildman–Crippen MR) is 92.8 cm³/mol. The van der Waals surface area contributed by atoms with E-state index >= 15 is 0 Å². The molecule has 21 heavy (non-hydrogen) atoms. The number of hydrogen-bond donors (Lipinski definition) is 1. The number of carbonyl (C=O) groups is 1. The van der Waals surface area contributed by atoms with Crippen molar-refractivity contribution in [1.29, 1.82) is 0 Å². The molecule has 0 spiro atoms. The number of aromatic hydroxyl groups is 1. The molecule has 0 aliphatic rings. The molecule has 0 aliphatic heterocycles. The van der Waals surface area contributed by atoms with Crippen molar-refractivity contribution in [1.82, 2.24) is 0 Å². The van der Waals surface area contributed by atoms with Crippen molar-refractivity contribution < 1.29 is 9.90 Å². The van der Waals surface area contributed by atoms with E-state index in [1.165, 1.54) is 0 Å². The molecular weight excluding hydrogens is 280 g/mol. The van der Waals surface area contributed by atoms with E-state index < -0.39 is 0 Å². The Morgan fingerprint density at radius 2 is 1.48 bits per heavy atom. The second-order valence-corrected chi connectivity index (χ2v) is 8.57. The standard InChI is InChI=1S/C18H28O2S/c1-17(2,3)13-10-12(15(19)8-9-21-7)11-14(16(13)20)18(4,5)6/h10-11,20H,8-9H2,1-7H3. The summed E-state index contributed by atoms with van der Waals surface area (Å²) in [4.78, 5) is 12.4. The van der Waals surface area contributed by atoms with Gasteiger partial charge in [-0.25, -0.2) is 0 Å². The van der Waals surface area contributed by atoms with Crippen molar-refractivity contribution in [3.63, 3.8) is 0 Å². The molecule has 0 radical (unpaired) electrons. The van der Waals surface area contributed by atoms with Gasteiger partial charge in [0.25, 0.3) is 0 Å². The Hall–Kier alpha value is -0.960. The lowest BCUT2D eigenvalue weighted by Gasteiger charge is -2.28. The smallest absolute Gasteiger partial charge is 0.163 e. The minimum Gasteiger partial charge on any atom is -0.507 e. The number of carbonyl (C=O) groups excluding carboxylic acids is 1. The minimum absolute atomic E-state index is 0.153. The van der Waals surface area contributed by atoms with Gasteiger partial charge >= 0.3 is 0 Å². The molecule has 0 saturated carbocycles. The Labute approximate surface area is 133 Å². The third-order valence-corrected chi connectivity index (χ3v) is 4.19. The lowest BCUT2D eigenvalue weighted by molar-refractivity contribution is 0.0989. The molecule has 0 saturated heterocycles. The average Bonchev–Trinajstić information content (AvgIpc) is 2.33. The van der Waals surface area contributed by atoms with Crippen molar-refractivity contribution in [3.05, 3.63) is 28.8 Å². The van der Waals surface area contributed by atoms with Gasteiger partial charge in [-0.1, -0.05) is 41.5 Å². The van der Waals surface area contributed by atoms with Crippen LogP contribution in [-0.2, 0) is 10.8 Å². The van der Waals surface area contributed by atoms with E-state index in [0.29, 0.717) is 12.2 Å². The van der Waals surface area contributed by atoms with Gasteiger partial charge in [0.05, 0.1) is 0 Å². The number of hydrogen-bond acceptors (Lipinski definition) is 3. The van der Waals surface area contributed by atoms with Crippen LogP contribution in [0.15, 0.2) is 12.1 Å². The van der Waals surface area contributed by atoms with Gasteiger partial charge in [0.15, 0.2) is 5.78 Å². The van der Waals surface area contributed by atoms with Crippen molar-refractivity contribution in [2.75, 3.05) is 12.0 Å². The summed E-state index contributed by atoms with van der Waals surface area (Å²) in [6.45, 7) is 12.4. The molecule has 0 amide bonds. The van der Waals surface area contributed by atoms with E-state index in [1.54, 1.807) is 11.8 Å². The molecule has 0 fully saturated rings. The van der Waals surface area contributed by atoms with Crippen molar-refractivity contribution in [3.8, 4) is 5.75 Å². The Morgan fingerprint density at radius 3 is 1.81 bits per heavy atom. The largest absolute Gasteiger partial charge is 0.507 e. The highest BCUT2D eigenvalue weighted by Crippen LogP contribution is 2.39. The Balaban J connectivity index is 3.44. The molecule has 0 atom stereocenters. The van der Waals surface area contributed by atoms with Crippen LogP contribution in [0.2, 0.25) is 0 Å². The number of phenols is 1. The third-order valence-electron chi connectivity index (χ3n) is 3.58. The predicted octanol–water partition coefficient (Wildman–Crippen LogP) is 4.92. The van der Waals surface area contributed by atoms with Crippen LogP contribution in [0.1, 0.15) is 69.4 Å². The van der Waals surface area contributed by atoms with Crippen molar-refractivity contribution in [2.45, 2.75) is 58.8 Å². The molecule has 2 nitrogen and oxygen atoms in total. The molecular formula is C18H28O2S. The van der Waals surface area contributed by atoms with E-state index in [9.17, 15) is 9.90 Å². The quantitative estimate of drug-likeness (QED) is 0.802. The van der Waals surface area contributed by atoms with Gasteiger partial charge in [-0.3, -0.25) is 4.79 Å². The second-order valence-electron chi connectivity index (χ2n) is 7.59. The van der Waals surface area contributed by atoms with E-state index in [0.717, 1.165) is 22.4 Å². The average molecular weight is 308 g/mol. The molecule has 0 unspecified atom stereocenters. The van der Waals surface area contributed by atoms with Gasteiger partial charge in [0.2, 0.25) is 0 Å². The fourth-order valence-corrected chi connectivity index (χ4v) is 2.67. The number of thioether (sulfide) groups is 1. The molecule has 3 heteroatoms. The number of rotatable bonds is 4. The van der Waals surface area contributed by atoms with Crippen molar-refractivity contribution in [2.24, 2.45) is 0 Å². The highest BCUT2D eigenvalue weighted by Gasteiger charge is 2.27. The summed E-state index contributed by atoms with van der Waals surface area (Å²) in [5.74, 6) is 1.31. The molecule has 1 aromatic carbocycles. The molecule has 1 aromatic rings. The zero-order chi connectivity index (χ0) is 16.4. The van der Waals surface area contributed by atoms with Crippen LogP contribution in [0.25, 0.3) is 0 Å². The van der Waals surface area contributed by atoms with Crippen LogP contribution in [0.4, 0.5) is 0 Å². The first-order chi connectivity index (χ1) is 9.48. The molecule has 1 N–H and O–H groups in total. The normalized spacial score (nSPS) is 12.5. The molecule has 0 bridgehead atoms. The summed E-state index contributed by atoms with van der Waals surface area (Å²) >= 11 is 1.68. The van der Waals surface area contributed by atoms with Crippen LogP contribution in [0, 0.1) is 0 Å². The van der Waals surface area contributed by atoms with Gasteiger partial charge < -0.3 is 5.11 Å². The number of phenolic OH excluding ortho intramolecular Hbond substituents is 1. The van der Waals surface area contributed by atoms with Gasteiger partial charge in [-0.15, -0.1) is 0 Å². The fourth-order valence-electron chi connectivity index (χ4n) is 2.28. The zero-order valence-corrected chi connectivity index (χ0v) is 15.1. The van der Waals surface area contributed by atoms with Gasteiger partial charge in [0, 0.05) is 28.9 Å². The van der Waals surface area contributed by atoms with E-state index in [-0.39, 0.29) is 16.6 Å². The molecule has 0 aliphatic carbocycles. The molecule has 0 aromatic heterocycles. The summed E-state index contributed by atoms with van der Waals surface area (Å²) in [5, 5.41) is 10.6. The lowest BCUT2D eigenvalue weighted by Crippen LogP contribution is -2.19. The lowest BCUT2D eigenvalue weighted by atomic mass is 9.78. The summed E-state index contributed by atoms with van der Waals surface area (Å²) < 4.78 is 0. The maximum absolute atomic E-state index is 12.4. The number of Topliss-reactive ketones (excluding diaryl/α,β-unsaturated/α-hetero) is 1. The summed E-state index contributed by atoms with van der Waals surface area (Å²) in [7, 11) is 0. The zero-order valence-electron chi connectivity index (χ0n) is 14.3. The SMILES string of the molecule is CSCCC(=O)c1cc(C(C)(C)C)c(O)c(C(C)(C)C)c1. The number of ketones is 1. The first kappa shape index (κ1) is 18.1. The maximum Gasteiger partial charge on any atom is 0.163 e. The highest BCUT2D eigenvalue weighted by atomic mass is 32.2. The van der Waals surface area contributed by atoms with E-state index in [1.807, 2.05) is 18.4 Å². The fraction of sp³-hybridized carbons (Fsp3) is 0.611. The minimum atomic E-state index is -0.195. The Kier molecular flexibility index (Phi) is 5.54. The first-order valence-corrected chi connectivity index (χ1v) is 8.78. The third kappa shape index (κ3) is 4.50. The van der Waals surface area contributed by atoms with Gasteiger partial charge in [-0.2, -0.15) is 11.8 Å². The van der Waals surface area contributed by atoms with Crippen LogP contribution in [0.3, 0.4) is 0 Å². The van der Waals surface area contributed by atoms with Crippen LogP contribution in [-0.4, -0.2) is 22.9 Å². The second kappa shape index (κ2) is 6.43. The summed E-state index contributed by atoms with van der Waals surface area (Å²) in [5.41, 5.74) is 2.03. The van der Waals surface area contributed by atoms with Gasteiger partial charge in [-0.05, 0) is 29.2 Å². The molecule has 118 valence electrons. The van der Waals surface area contributed by atoms with Crippen LogP contribution >= 0.6 is 11.8 Å². The number of benzene rings is 1. The first-order valence-electron chi connectivity index (χ1n) is 7.38. The van der Waals surface area contributed by atoms with E-state index in [2.05, 4.69) is 41.5 Å². The van der Waals surface area contributed by atoms with Crippen LogP contribution in [0.5, 0.6) is 5.75 Å². The summed E-state index contributed by atoms with van der Waals surface area (Å²) in [6, 6.07) is 3.74. The highest BCUT2D eigenvalue weighted by molar-refractivity contribution is 7.98. The van der Waals surface area contributed by atoms with Crippen molar-refractivity contribution >= 4 is 17.5 Å². The summed E-state index contributed by atoms with van der Waals surface area (Å²) in [6.07, 6.45) is 2.55.